The van der Waals surface area contributed by atoms with Crippen LogP contribution in [-0.2, 0) is 11.2 Å². The zero-order valence-electron chi connectivity index (χ0n) is 16.1. The fourth-order valence-corrected chi connectivity index (χ4v) is 3.54. The third kappa shape index (κ3) is 4.49. The molecule has 1 heterocycles. The first-order valence-electron chi connectivity index (χ1n) is 9.58. The van der Waals surface area contributed by atoms with Crippen LogP contribution < -0.4 is 5.32 Å². The molecule has 1 atom stereocenters. The minimum absolute atomic E-state index is 0.0309. The van der Waals surface area contributed by atoms with Crippen LogP contribution in [0.25, 0.3) is 22.1 Å². The van der Waals surface area contributed by atoms with Crippen LogP contribution in [0, 0.1) is 0 Å². The number of amides is 1. The summed E-state index contributed by atoms with van der Waals surface area (Å²) in [5.41, 5.74) is 2.01. The maximum atomic E-state index is 12.5. The van der Waals surface area contributed by atoms with Gasteiger partial charge in [0.05, 0.1) is 12.2 Å². The summed E-state index contributed by atoms with van der Waals surface area (Å²) < 4.78 is 5.77. The summed E-state index contributed by atoms with van der Waals surface area (Å²) in [6.07, 6.45) is 2.44. The predicted molar refractivity (Wildman–Crippen MR) is 116 cm³/mol. The van der Waals surface area contributed by atoms with E-state index in [1.807, 2.05) is 37.3 Å². The van der Waals surface area contributed by atoms with Gasteiger partial charge in [0.1, 0.15) is 0 Å². The number of oxazole rings is 1. The molecule has 0 aliphatic rings. The van der Waals surface area contributed by atoms with Gasteiger partial charge in [0.15, 0.2) is 11.7 Å². The first-order valence-corrected chi connectivity index (χ1v) is 9.95. The van der Waals surface area contributed by atoms with Gasteiger partial charge >= 0.3 is 0 Å². The van der Waals surface area contributed by atoms with Crippen LogP contribution in [0.3, 0.4) is 0 Å². The summed E-state index contributed by atoms with van der Waals surface area (Å²) in [6, 6.07) is 21.6. The molecular weight excluding hydrogens is 384 g/mol. The van der Waals surface area contributed by atoms with Crippen LogP contribution in [0.15, 0.2) is 77.3 Å². The SMILES string of the molecule is CC(NC(=O)CCc1ncc(-c2ccc(Cl)cc2)o1)c1cccc2ccccc12. The number of aromatic nitrogens is 1. The van der Waals surface area contributed by atoms with Gasteiger partial charge < -0.3 is 9.73 Å². The lowest BCUT2D eigenvalue weighted by atomic mass is 9.99. The van der Waals surface area contributed by atoms with E-state index < -0.39 is 0 Å². The maximum Gasteiger partial charge on any atom is 0.220 e. The summed E-state index contributed by atoms with van der Waals surface area (Å²) in [7, 11) is 0. The Balaban J connectivity index is 1.37. The van der Waals surface area contributed by atoms with E-state index in [-0.39, 0.29) is 11.9 Å². The number of nitrogens with one attached hydrogen (secondary N) is 1. The molecular formula is C24H21ClN2O2. The van der Waals surface area contributed by atoms with Gasteiger partial charge in [-0.2, -0.15) is 0 Å². The molecule has 29 heavy (non-hydrogen) atoms. The third-order valence-electron chi connectivity index (χ3n) is 4.92. The van der Waals surface area contributed by atoms with E-state index in [4.69, 9.17) is 16.0 Å². The molecule has 1 amide bonds. The number of hydrogen-bond donors (Lipinski definition) is 1. The van der Waals surface area contributed by atoms with Crippen LogP contribution in [0.5, 0.6) is 0 Å². The van der Waals surface area contributed by atoms with E-state index in [1.165, 1.54) is 5.39 Å². The maximum absolute atomic E-state index is 12.5. The van der Waals surface area contributed by atoms with E-state index in [1.54, 1.807) is 18.3 Å². The van der Waals surface area contributed by atoms with Crippen molar-refractivity contribution >= 4 is 28.3 Å². The van der Waals surface area contributed by atoms with Crippen molar-refractivity contribution in [3.63, 3.8) is 0 Å². The van der Waals surface area contributed by atoms with Gasteiger partial charge in [0, 0.05) is 23.4 Å². The highest BCUT2D eigenvalue weighted by atomic mass is 35.5. The molecule has 0 aliphatic carbocycles. The fraction of sp³-hybridized carbons (Fsp3) is 0.167. The Labute approximate surface area is 174 Å². The van der Waals surface area contributed by atoms with Crippen molar-refractivity contribution in [2.75, 3.05) is 0 Å². The number of carbonyl (C=O) groups is 1. The molecule has 1 N–H and O–H groups in total. The standard InChI is InChI=1S/C24H21ClN2O2/c1-16(20-8-4-6-17-5-2-3-7-21(17)20)27-23(28)13-14-24-26-15-22(29-24)18-9-11-19(25)12-10-18/h2-12,15-16H,13-14H2,1H3,(H,27,28). The number of hydrogen-bond acceptors (Lipinski definition) is 3. The van der Waals surface area contributed by atoms with Crippen LogP contribution in [0.4, 0.5) is 0 Å². The van der Waals surface area contributed by atoms with Gasteiger partial charge in [-0.1, -0.05) is 54.1 Å². The number of rotatable bonds is 6. The molecule has 1 aromatic heterocycles. The lowest BCUT2D eigenvalue weighted by Gasteiger charge is -2.16. The second-order valence-electron chi connectivity index (χ2n) is 6.98. The monoisotopic (exact) mass is 404 g/mol. The highest BCUT2D eigenvalue weighted by molar-refractivity contribution is 6.30. The van der Waals surface area contributed by atoms with Gasteiger partial charge in [-0.05, 0) is 47.5 Å². The van der Waals surface area contributed by atoms with Crippen LogP contribution >= 0.6 is 11.6 Å². The smallest absolute Gasteiger partial charge is 0.220 e. The highest BCUT2D eigenvalue weighted by Crippen LogP contribution is 2.25. The first kappa shape index (κ1) is 19.2. The fourth-order valence-electron chi connectivity index (χ4n) is 3.41. The lowest BCUT2D eigenvalue weighted by Crippen LogP contribution is -2.27. The third-order valence-corrected chi connectivity index (χ3v) is 5.17. The second-order valence-corrected chi connectivity index (χ2v) is 7.42. The average molecular weight is 405 g/mol. The van der Waals surface area contributed by atoms with Crippen molar-refractivity contribution in [3.05, 3.63) is 89.4 Å². The minimum Gasteiger partial charge on any atom is -0.441 e. The van der Waals surface area contributed by atoms with E-state index in [0.717, 1.165) is 16.5 Å². The van der Waals surface area contributed by atoms with Crippen LogP contribution in [-0.4, -0.2) is 10.9 Å². The summed E-state index contributed by atoms with van der Waals surface area (Å²) in [5, 5.41) is 6.07. The number of aryl methyl sites for hydroxylation is 1. The van der Waals surface area contributed by atoms with Crippen molar-refractivity contribution in [1.82, 2.24) is 10.3 Å². The number of nitrogens with zero attached hydrogens (tertiary/aromatic N) is 1. The van der Waals surface area contributed by atoms with Gasteiger partial charge in [-0.3, -0.25) is 4.79 Å². The summed E-state index contributed by atoms with van der Waals surface area (Å²) >= 11 is 5.92. The second kappa shape index (κ2) is 8.50. The van der Waals surface area contributed by atoms with Gasteiger partial charge in [0.25, 0.3) is 0 Å². The molecule has 4 aromatic rings. The average Bonchev–Trinajstić information content (AvgIpc) is 3.21. The number of fused-ring (bicyclic) bond motifs is 1. The first-order chi connectivity index (χ1) is 14.1. The normalized spacial score (nSPS) is 12.1. The minimum atomic E-state index is -0.0808. The molecule has 0 saturated heterocycles. The summed E-state index contributed by atoms with van der Waals surface area (Å²) in [5.74, 6) is 1.18. The van der Waals surface area contributed by atoms with Crippen LogP contribution in [0.2, 0.25) is 5.02 Å². The van der Waals surface area contributed by atoms with Gasteiger partial charge in [-0.15, -0.1) is 0 Å². The Morgan fingerprint density at radius 3 is 2.66 bits per heavy atom. The number of halogens is 1. The quantitative estimate of drug-likeness (QED) is 0.431. The van der Waals surface area contributed by atoms with Crippen molar-refractivity contribution < 1.29 is 9.21 Å². The molecule has 0 spiro atoms. The molecule has 0 bridgehead atoms. The Morgan fingerprint density at radius 1 is 1.07 bits per heavy atom. The molecule has 5 heteroatoms. The lowest BCUT2D eigenvalue weighted by molar-refractivity contribution is -0.121. The van der Waals surface area contributed by atoms with Gasteiger partial charge in [-0.25, -0.2) is 4.98 Å². The number of benzene rings is 3. The number of carbonyl (C=O) groups excluding carboxylic acids is 1. The van der Waals surface area contributed by atoms with Crippen LogP contribution in [0.1, 0.15) is 30.8 Å². The zero-order chi connectivity index (χ0) is 20.2. The summed E-state index contributed by atoms with van der Waals surface area (Å²) in [4.78, 5) is 16.7. The van der Waals surface area contributed by atoms with Crippen molar-refractivity contribution in [1.29, 1.82) is 0 Å². The Kier molecular flexibility index (Phi) is 5.63. The van der Waals surface area contributed by atoms with Gasteiger partial charge in [0.2, 0.25) is 5.91 Å². The molecule has 4 nitrogen and oxygen atoms in total. The Hall–Kier alpha value is -3.11. The zero-order valence-corrected chi connectivity index (χ0v) is 16.8. The highest BCUT2D eigenvalue weighted by Gasteiger charge is 2.14. The van der Waals surface area contributed by atoms with Crippen molar-refractivity contribution in [2.24, 2.45) is 0 Å². The van der Waals surface area contributed by atoms with Crippen molar-refractivity contribution in [3.8, 4) is 11.3 Å². The molecule has 0 aliphatic heterocycles. The Bertz CT molecular complexity index is 1130. The largest absolute Gasteiger partial charge is 0.441 e. The molecule has 4 rings (SSSR count). The molecule has 1 unspecified atom stereocenters. The molecule has 0 saturated carbocycles. The topological polar surface area (TPSA) is 55.1 Å². The molecule has 0 radical (unpaired) electrons. The van der Waals surface area contributed by atoms with Crippen molar-refractivity contribution in [2.45, 2.75) is 25.8 Å². The van der Waals surface area contributed by atoms with E-state index in [0.29, 0.717) is 29.5 Å². The summed E-state index contributed by atoms with van der Waals surface area (Å²) in [6.45, 7) is 2.00. The molecule has 0 fully saturated rings. The van der Waals surface area contributed by atoms with E-state index in [9.17, 15) is 4.79 Å². The molecule has 3 aromatic carbocycles. The van der Waals surface area contributed by atoms with E-state index in [2.05, 4.69) is 34.6 Å². The Morgan fingerprint density at radius 2 is 1.83 bits per heavy atom. The molecule has 146 valence electrons. The van der Waals surface area contributed by atoms with E-state index >= 15 is 0 Å². The predicted octanol–water partition coefficient (Wildman–Crippen LogP) is 5.96.